The quantitative estimate of drug-likeness (QED) is 0.880. The fourth-order valence-corrected chi connectivity index (χ4v) is 2.83. The van der Waals surface area contributed by atoms with Gasteiger partial charge in [-0.1, -0.05) is 6.07 Å². The van der Waals surface area contributed by atoms with E-state index in [1.165, 1.54) is 5.56 Å². The Hall–Kier alpha value is -0.970. The van der Waals surface area contributed by atoms with Crippen LogP contribution in [-0.2, 0) is 16.0 Å². The van der Waals surface area contributed by atoms with Crippen LogP contribution in [0.3, 0.4) is 0 Å². The molecule has 2 saturated heterocycles. The molecule has 2 aliphatic rings. The summed E-state index contributed by atoms with van der Waals surface area (Å²) in [7, 11) is 0. The van der Waals surface area contributed by atoms with E-state index in [9.17, 15) is 0 Å². The summed E-state index contributed by atoms with van der Waals surface area (Å²) in [4.78, 5) is 4.13. The van der Waals surface area contributed by atoms with Crippen molar-refractivity contribution in [1.82, 2.24) is 10.3 Å². The van der Waals surface area contributed by atoms with Crippen LogP contribution in [0.2, 0.25) is 0 Å². The van der Waals surface area contributed by atoms with Gasteiger partial charge in [-0.15, -0.1) is 0 Å². The molecule has 0 radical (unpaired) electrons. The molecular formula is C14H20N2O2. The number of hydrogen-bond acceptors (Lipinski definition) is 4. The zero-order valence-electron chi connectivity index (χ0n) is 10.6. The van der Waals surface area contributed by atoms with Gasteiger partial charge >= 0.3 is 0 Å². The molecule has 0 aliphatic carbocycles. The van der Waals surface area contributed by atoms with E-state index in [4.69, 9.17) is 9.47 Å². The molecule has 3 heterocycles. The van der Waals surface area contributed by atoms with E-state index in [1.54, 1.807) is 0 Å². The highest BCUT2D eigenvalue weighted by Crippen LogP contribution is 2.32. The molecule has 2 atom stereocenters. The van der Waals surface area contributed by atoms with E-state index in [1.807, 2.05) is 18.5 Å². The van der Waals surface area contributed by atoms with E-state index < -0.39 is 0 Å². The number of aromatic nitrogens is 1. The van der Waals surface area contributed by atoms with Crippen molar-refractivity contribution in [3.8, 4) is 0 Å². The van der Waals surface area contributed by atoms with Crippen molar-refractivity contribution in [3.05, 3.63) is 30.1 Å². The highest BCUT2D eigenvalue weighted by atomic mass is 16.6. The van der Waals surface area contributed by atoms with Gasteiger partial charge in [0.15, 0.2) is 0 Å². The summed E-state index contributed by atoms with van der Waals surface area (Å²) in [5, 5.41) is 3.61. The summed E-state index contributed by atoms with van der Waals surface area (Å²) < 4.78 is 11.4. The Kier molecular flexibility index (Phi) is 3.59. The van der Waals surface area contributed by atoms with Crippen molar-refractivity contribution in [2.24, 2.45) is 0 Å². The number of nitrogens with zero attached hydrogens (tertiary/aromatic N) is 1. The fraction of sp³-hybridized carbons (Fsp3) is 0.643. The summed E-state index contributed by atoms with van der Waals surface area (Å²) in [6.07, 6.45) is 6.91. The molecule has 0 saturated carbocycles. The maximum atomic E-state index is 5.93. The normalized spacial score (nSPS) is 31.9. The van der Waals surface area contributed by atoms with E-state index >= 15 is 0 Å². The van der Waals surface area contributed by atoms with E-state index in [-0.39, 0.29) is 5.60 Å². The number of pyridine rings is 1. The minimum Gasteiger partial charge on any atom is -0.378 e. The van der Waals surface area contributed by atoms with Gasteiger partial charge in [0.1, 0.15) is 0 Å². The lowest BCUT2D eigenvalue weighted by Crippen LogP contribution is -2.47. The molecule has 0 bridgehead atoms. The lowest BCUT2D eigenvalue weighted by molar-refractivity contribution is -0.0894. The summed E-state index contributed by atoms with van der Waals surface area (Å²) >= 11 is 0. The molecule has 4 nitrogen and oxygen atoms in total. The van der Waals surface area contributed by atoms with Gasteiger partial charge in [0.2, 0.25) is 0 Å². The molecular weight excluding hydrogens is 228 g/mol. The van der Waals surface area contributed by atoms with Gasteiger partial charge in [-0.05, 0) is 24.5 Å². The maximum Gasteiger partial charge on any atom is 0.0951 e. The summed E-state index contributed by atoms with van der Waals surface area (Å²) in [6.45, 7) is 3.33. The Morgan fingerprint density at radius 2 is 2.44 bits per heavy atom. The van der Waals surface area contributed by atoms with Crippen molar-refractivity contribution in [2.75, 3.05) is 19.8 Å². The topological polar surface area (TPSA) is 43.4 Å². The summed E-state index contributed by atoms with van der Waals surface area (Å²) in [5.74, 6) is 0. The Labute approximate surface area is 108 Å². The molecule has 2 fully saturated rings. The third-order valence-corrected chi connectivity index (χ3v) is 3.88. The van der Waals surface area contributed by atoms with Gasteiger partial charge in [0.05, 0.1) is 12.2 Å². The summed E-state index contributed by atoms with van der Waals surface area (Å²) in [5.41, 5.74) is 1.23. The number of ether oxygens (including phenoxy) is 2. The number of nitrogens with one attached hydrogen (secondary N) is 1. The SMILES string of the molecule is c1cncc(CNC2CCOC3(CCOC3)C2)c1. The van der Waals surface area contributed by atoms with Crippen LogP contribution in [0, 0.1) is 0 Å². The number of hydrogen-bond donors (Lipinski definition) is 1. The molecule has 1 N–H and O–H groups in total. The lowest BCUT2D eigenvalue weighted by atomic mass is 9.89. The summed E-state index contributed by atoms with van der Waals surface area (Å²) in [6, 6.07) is 4.61. The maximum absolute atomic E-state index is 5.93. The van der Waals surface area contributed by atoms with E-state index in [0.717, 1.165) is 45.6 Å². The highest BCUT2D eigenvalue weighted by Gasteiger charge is 2.40. The van der Waals surface area contributed by atoms with Gasteiger partial charge < -0.3 is 14.8 Å². The Morgan fingerprint density at radius 3 is 3.22 bits per heavy atom. The van der Waals surface area contributed by atoms with Gasteiger partial charge in [0, 0.05) is 44.6 Å². The molecule has 4 heteroatoms. The molecule has 2 aliphatic heterocycles. The first-order valence-electron chi connectivity index (χ1n) is 6.70. The molecule has 0 amide bonds. The van der Waals surface area contributed by atoms with Crippen molar-refractivity contribution in [3.63, 3.8) is 0 Å². The number of rotatable bonds is 3. The predicted molar refractivity (Wildman–Crippen MR) is 68.2 cm³/mol. The van der Waals surface area contributed by atoms with Crippen LogP contribution in [0.5, 0.6) is 0 Å². The Bertz CT molecular complexity index is 377. The van der Waals surface area contributed by atoms with Crippen LogP contribution in [0.25, 0.3) is 0 Å². The standard InChI is InChI=1S/C14H20N2O2/c1-2-12(9-15-5-1)10-16-13-3-6-18-14(8-13)4-7-17-11-14/h1-2,5,9,13,16H,3-4,6-8,10-11H2. The van der Waals surface area contributed by atoms with Crippen LogP contribution in [-0.4, -0.2) is 36.4 Å². The fourth-order valence-electron chi connectivity index (χ4n) is 2.83. The van der Waals surface area contributed by atoms with Gasteiger partial charge in [-0.3, -0.25) is 4.98 Å². The second-order valence-corrected chi connectivity index (χ2v) is 5.27. The van der Waals surface area contributed by atoms with Crippen molar-refractivity contribution < 1.29 is 9.47 Å². The monoisotopic (exact) mass is 248 g/mol. The Morgan fingerprint density at radius 1 is 1.44 bits per heavy atom. The van der Waals surface area contributed by atoms with Crippen LogP contribution < -0.4 is 5.32 Å². The lowest BCUT2D eigenvalue weighted by Gasteiger charge is -2.37. The van der Waals surface area contributed by atoms with Crippen molar-refractivity contribution in [1.29, 1.82) is 0 Å². The zero-order valence-corrected chi connectivity index (χ0v) is 10.6. The average Bonchev–Trinajstić information content (AvgIpc) is 2.86. The second kappa shape index (κ2) is 5.34. The third kappa shape index (κ3) is 2.71. The first-order chi connectivity index (χ1) is 8.86. The van der Waals surface area contributed by atoms with Crippen LogP contribution in [0.1, 0.15) is 24.8 Å². The molecule has 1 aromatic rings. The minimum atomic E-state index is -0.00907. The minimum absolute atomic E-state index is 0.00907. The molecule has 1 spiro atoms. The smallest absolute Gasteiger partial charge is 0.0951 e. The first-order valence-corrected chi connectivity index (χ1v) is 6.70. The zero-order chi connectivity index (χ0) is 12.3. The Balaban J connectivity index is 1.54. The predicted octanol–water partition coefficient (Wildman–Crippen LogP) is 1.51. The van der Waals surface area contributed by atoms with Gasteiger partial charge in [-0.2, -0.15) is 0 Å². The molecule has 1 aromatic heterocycles. The van der Waals surface area contributed by atoms with Crippen molar-refractivity contribution >= 4 is 0 Å². The van der Waals surface area contributed by atoms with Crippen molar-refractivity contribution in [2.45, 2.75) is 37.5 Å². The molecule has 18 heavy (non-hydrogen) atoms. The second-order valence-electron chi connectivity index (χ2n) is 5.27. The van der Waals surface area contributed by atoms with E-state index in [2.05, 4.69) is 16.4 Å². The highest BCUT2D eigenvalue weighted by molar-refractivity contribution is 5.08. The molecule has 2 unspecified atom stereocenters. The third-order valence-electron chi connectivity index (χ3n) is 3.88. The first kappa shape index (κ1) is 12.1. The van der Waals surface area contributed by atoms with Gasteiger partial charge in [0.25, 0.3) is 0 Å². The molecule has 98 valence electrons. The van der Waals surface area contributed by atoms with Crippen LogP contribution in [0.4, 0.5) is 0 Å². The van der Waals surface area contributed by atoms with Crippen LogP contribution >= 0.6 is 0 Å². The van der Waals surface area contributed by atoms with Gasteiger partial charge in [-0.25, -0.2) is 0 Å². The van der Waals surface area contributed by atoms with E-state index in [0.29, 0.717) is 6.04 Å². The van der Waals surface area contributed by atoms with Crippen LogP contribution in [0.15, 0.2) is 24.5 Å². The largest absolute Gasteiger partial charge is 0.378 e. The molecule has 3 rings (SSSR count). The average molecular weight is 248 g/mol. The molecule has 0 aromatic carbocycles.